The van der Waals surface area contributed by atoms with Gasteiger partial charge < -0.3 is 4.74 Å². The molecule has 0 fully saturated rings. The van der Waals surface area contributed by atoms with E-state index in [1.54, 1.807) is 12.1 Å². The highest BCUT2D eigenvalue weighted by Gasteiger charge is 2.20. The Kier molecular flexibility index (Phi) is 5.18. The molecule has 0 aliphatic carbocycles. The minimum Gasteiger partial charge on any atom is -0.492 e. The molecule has 0 unspecified atom stereocenters. The van der Waals surface area contributed by atoms with E-state index in [9.17, 15) is 0 Å². The Hall–Kier alpha value is -1.53. The van der Waals surface area contributed by atoms with E-state index in [1.165, 1.54) is 0 Å². The smallest absolute Gasteiger partial charge is 0.120 e. The minimum atomic E-state index is 0.192. The first-order valence-electron chi connectivity index (χ1n) is 6.34. The lowest BCUT2D eigenvalue weighted by Crippen LogP contribution is -2.42. The number of rotatable bonds is 6. The fourth-order valence-electron chi connectivity index (χ4n) is 1.53. The van der Waals surface area contributed by atoms with Gasteiger partial charge in [-0.25, -0.2) is 0 Å². The van der Waals surface area contributed by atoms with Crippen molar-refractivity contribution in [3.8, 4) is 11.8 Å². The number of benzene rings is 1. The maximum absolute atomic E-state index is 8.80. The van der Waals surface area contributed by atoms with E-state index in [1.807, 2.05) is 12.1 Å². The first-order chi connectivity index (χ1) is 8.49. The lowest BCUT2D eigenvalue weighted by Gasteiger charge is -2.34. The fourth-order valence-corrected chi connectivity index (χ4v) is 1.53. The molecule has 0 saturated heterocycles. The average molecular weight is 246 g/mol. The molecule has 0 aromatic heterocycles. The van der Waals surface area contributed by atoms with Crippen molar-refractivity contribution in [2.75, 3.05) is 20.2 Å². The Morgan fingerprint density at radius 2 is 2.11 bits per heavy atom. The van der Waals surface area contributed by atoms with E-state index in [2.05, 4.69) is 38.8 Å². The normalized spacial score (nSPS) is 11.3. The quantitative estimate of drug-likeness (QED) is 0.774. The molecule has 3 heteroatoms. The highest BCUT2D eigenvalue weighted by Crippen LogP contribution is 2.16. The van der Waals surface area contributed by atoms with Crippen molar-refractivity contribution in [1.82, 2.24) is 4.90 Å². The first kappa shape index (κ1) is 14.5. The van der Waals surface area contributed by atoms with Crippen molar-refractivity contribution in [2.24, 2.45) is 0 Å². The van der Waals surface area contributed by atoms with E-state index in [-0.39, 0.29) is 5.54 Å². The summed E-state index contributed by atoms with van der Waals surface area (Å²) in [6, 6.07) is 9.38. The molecule has 0 saturated carbocycles. The largest absolute Gasteiger partial charge is 0.492 e. The van der Waals surface area contributed by atoms with Crippen molar-refractivity contribution in [2.45, 2.75) is 32.7 Å². The molecule has 0 amide bonds. The van der Waals surface area contributed by atoms with Crippen LogP contribution in [0.4, 0.5) is 0 Å². The SMILES string of the molecule is CCC(C)(C)N(C)CCOc1cccc(C#N)c1. The molecule has 0 radical (unpaired) electrons. The molecule has 0 atom stereocenters. The van der Waals surface area contributed by atoms with E-state index >= 15 is 0 Å². The third kappa shape index (κ3) is 4.05. The second-order valence-electron chi connectivity index (χ2n) is 5.08. The number of hydrogen-bond donors (Lipinski definition) is 0. The van der Waals surface area contributed by atoms with Crippen LogP contribution in [-0.2, 0) is 0 Å². The Labute approximate surface area is 110 Å². The summed E-state index contributed by atoms with van der Waals surface area (Å²) >= 11 is 0. The zero-order chi connectivity index (χ0) is 13.6. The van der Waals surface area contributed by atoms with Crippen LogP contribution in [0, 0.1) is 11.3 Å². The van der Waals surface area contributed by atoms with E-state index < -0.39 is 0 Å². The number of hydrogen-bond acceptors (Lipinski definition) is 3. The first-order valence-corrected chi connectivity index (χ1v) is 6.34. The van der Waals surface area contributed by atoms with E-state index in [0.717, 1.165) is 18.7 Å². The lowest BCUT2D eigenvalue weighted by molar-refractivity contribution is 0.125. The van der Waals surface area contributed by atoms with Gasteiger partial charge in [-0.15, -0.1) is 0 Å². The molecular formula is C15H22N2O. The monoisotopic (exact) mass is 246 g/mol. The minimum absolute atomic E-state index is 0.192. The molecule has 0 bridgehead atoms. The van der Waals surface area contributed by atoms with Crippen molar-refractivity contribution in [1.29, 1.82) is 5.26 Å². The second kappa shape index (κ2) is 6.42. The summed E-state index contributed by atoms with van der Waals surface area (Å²) in [6.07, 6.45) is 1.10. The number of nitrogens with zero attached hydrogens (tertiary/aromatic N) is 2. The van der Waals surface area contributed by atoms with Crippen LogP contribution in [0.25, 0.3) is 0 Å². The van der Waals surface area contributed by atoms with Crippen LogP contribution in [0.2, 0.25) is 0 Å². The molecular weight excluding hydrogens is 224 g/mol. The summed E-state index contributed by atoms with van der Waals surface area (Å²) in [5.74, 6) is 0.761. The molecule has 0 heterocycles. The van der Waals surface area contributed by atoms with Gasteiger partial charge in [-0.3, -0.25) is 4.90 Å². The van der Waals surface area contributed by atoms with E-state index in [4.69, 9.17) is 10.00 Å². The second-order valence-corrected chi connectivity index (χ2v) is 5.08. The van der Waals surface area contributed by atoms with Gasteiger partial charge in [0.1, 0.15) is 12.4 Å². The van der Waals surface area contributed by atoms with Gasteiger partial charge in [-0.05, 0) is 45.5 Å². The third-order valence-electron chi connectivity index (χ3n) is 3.56. The predicted molar refractivity (Wildman–Crippen MR) is 73.7 cm³/mol. The fraction of sp³-hybridized carbons (Fsp3) is 0.533. The maximum atomic E-state index is 8.80. The summed E-state index contributed by atoms with van der Waals surface area (Å²) in [5, 5.41) is 8.80. The Balaban J connectivity index is 2.45. The van der Waals surface area contributed by atoms with Crippen molar-refractivity contribution in [3.05, 3.63) is 29.8 Å². The zero-order valence-electron chi connectivity index (χ0n) is 11.7. The van der Waals surface area contributed by atoms with Gasteiger partial charge in [0.05, 0.1) is 11.6 Å². The molecule has 0 aliphatic heterocycles. The molecule has 1 aromatic rings. The third-order valence-corrected chi connectivity index (χ3v) is 3.56. The Bertz CT molecular complexity index is 421. The maximum Gasteiger partial charge on any atom is 0.120 e. The summed E-state index contributed by atoms with van der Waals surface area (Å²) in [7, 11) is 2.11. The highest BCUT2D eigenvalue weighted by atomic mass is 16.5. The van der Waals surface area contributed by atoms with Crippen LogP contribution in [0.5, 0.6) is 5.75 Å². The molecule has 0 aliphatic rings. The van der Waals surface area contributed by atoms with Gasteiger partial charge >= 0.3 is 0 Å². The average Bonchev–Trinajstić information content (AvgIpc) is 2.38. The van der Waals surface area contributed by atoms with Gasteiger partial charge in [0.25, 0.3) is 0 Å². The standard InChI is InChI=1S/C15H22N2O/c1-5-15(2,3)17(4)9-10-18-14-8-6-7-13(11-14)12-16/h6-8,11H,5,9-10H2,1-4H3. The summed E-state index contributed by atoms with van der Waals surface area (Å²) in [5.41, 5.74) is 0.826. The highest BCUT2D eigenvalue weighted by molar-refractivity contribution is 5.36. The summed E-state index contributed by atoms with van der Waals surface area (Å²) in [4.78, 5) is 2.29. The number of ether oxygens (including phenoxy) is 1. The van der Waals surface area contributed by atoms with Gasteiger partial charge in [-0.1, -0.05) is 13.0 Å². The van der Waals surface area contributed by atoms with Crippen LogP contribution >= 0.6 is 0 Å². The van der Waals surface area contributed by atoms with Crippen LogP contribution in [0.3, 0.4) is 0 Å². The molecule has 1 rings (SSSR count). The summed E-state index contributed by atoms with van der Waals surface area (Å²) < 4.78 is 5.67. The number of nitriles is 1. The lowest BCUT2D eigenvalue weighted by atomic mass is 10.0. The van der Waals surface area contributed by atoms with Crippen LogP contribution < -0.4 is 4.74 Å². The van der Waals surface area contributed by atoms with Gasteiger partial charge in [0.2, 0.25) is 0 Å². The van der Waals surface area contributed by atoms with Crippen LogP contribution in [0.15, 0.2) is 24.3 Å². The van der Waals surface area contributed by atoms with Gasteiger partial charge in [0.15, 0.2) is 0 Å². The molecule has 0 N–H and O–H groups in total. The molecule has 0 spiro atoms. The van der Waals surface area contributed by atoms with Crippen molar-refractivity contribution >= 4 is 0 Å². The molecule has 1 aromatic carbocycles. The molecule has 18 heavy (non-hydrogen) atoms. The Morgan fingerprint density at radius 1 is 1.39 bits per heavy atom. The van der Waals surface area contributed by atoms with E-state index in [0.29, 0.717) is 12.2 Å². The van der Waals surface area contributed by atoms with Crippen LogP contribution in [-0.4, -0.2) is 30.6 Å². The van der Waals surface area contributed by atoms with Crippen molar-refractivity contribution in [3.63, 3.8) is 0 Å². The van der Waals surface area contributed by atoms with Gasteiger partial charge in [0, 0.05) is 12.1 Å². The topological polar surface area (TPSA) is 36.3 Å². The molecule has 98 valence electrons. The zero-order valence-corrected chi connectivity index (χ0v) is 11.7. The predicted octanol–water partition coefficient (Wildman–Crippen LogP) is 3.06. The number of likely N-dealkylation sites (N-methyl/N-ethyl adjacent to an activating group) is 1. The molecule has 3 nitrogen and oxygen atoms in total. The van der Waals surface area contributed by atoms with Crippen molar-refractivity contribution < 1.29 is 4.74 Å². The van der Waals surface area contributed by atoms with Gasteiger partial charge in [-0.2, -0.15) is 5.26 Å². The van der Waals surface area contributed by atoms with Crippen LogP contribution in [0.1, 0.15) is 32.8 Å². The summed E-state index contributed by atoms with van der Waals surface area (Å²) in [6.45, 7) is 8.15. The Morgan fingerprint density at radius 3 is 2.72 bits per heavy atom.